The maximum Gasteiger partial charge on any atom is 0.320 e. The molecule has 0 aliphatic carbocycles. The molecule has 1 fully saturated rings. The highest BCUT2D eigenvalue weighted by Gasteiger charge is 2.31. The van der Waals surface area contributed by atoms with Crippen LogP contribution in [0.15, 0.2) is 0 Å². The minimum Gasteiger partial charge on any atom is -0.481 e. The Hall–Kier alpha value is -1.30. The summed E-state index contributed by atoms with van der Waals surface area (Å²) in [6.07, 6.45) is 1.43. The molecule has 0 saturated carbocycles. The maximum atomic E-state index is 12.6. The molecular weight excluding hydrogens is 258 g/mol. The number of likely N-dealkylation sites (tertiary alicyclic amines) is 1. The molecule has 1 aliphatic heterocycles. The first-order valence-corrected chi connectivity index (χ1v) is 7.29. The van der Waals surface area contributed by atoms with Crippen LogP contribution in [0, 0.1) is 5.92 Å². The van der Waals surface area contributed by atoms with Gasteiger partial charge in [-0.25, -0.2) is 4.79 Å². The van der Waals surface area contributed by atoms with Crippen LogP contribution in [0.2, 0.25) is 0 Å². The molecular formula is C14H27N3O3. The molecule has 1 aliphatic rings. The number of aliphatic carboxylic acids is 1. The van der Waals surface area contributed by atoms with Crippen LogP contribution in [0.4, 0.5) is 4.79 Å². The Morgan fingerprint density at radius 3 is 2.55 bits per heavy atom. The van der Waals surface area contributed by atoms with Crippen molar-refractivity contribution in [2.45, 2.75) is 32.7 Å². The second-order valence-corrected chi connectivity index (χ2v) is 5.80. The van der Waals surface area contributed by atoms with Gasteiger partial charge in [0.15, 0.2) is 0 Å². The highest BCUT2D eigenvalue weighted by Crippen LogP contribution is 2.18. The fourth-order valence-electron chi connectivity index (χ4n) is 2.80. The lowest BCUT2D eigenvalue weighted by Crippen LogP contribution is -2.53. The molecule has 1 N–H and O–H groups in total. The van der Waals surface area contributed by atoms with Crippen LogP contribution in [0.5, 0.6) is 0 Å². The lowest BCUT2D eigenvalue weighted by Gasteiger charge is -2.38. The number of carboxylic acids is 1. The fourth-order valence-corrected chi connectivity index (χ4v) is 2.80. The van der Waals surface area contributed by atoms with Crippen LogP contribution in [0.1, 0.15) is 26.7 Å². The Balaban J connectivity index is 2.68. The molecule has 6 heteroatoms. The molecule has 2 unspecified atom stereocenters. The Labute approximate surface area is 121 Å². The number of urea groups is 1. The van der Waals surface area contributed by atoms with E-state index in [1.165, 1.54) is 0 Å². The highest BCUT2D eigenvalue weighted by atomic mass is 16.4. The molecule has 0 bridgehead atoms. The van der Waals surface area contributed by atoms with Crippen molar-refractivity contribution in [3.05, 3.63) is 0 Å². The number of carboxylic acid groups (broad SMARTS) is 1. The van der Waals surface area contributed by atoms with E-state index in [0.717, 1.165) is 13.0 Å². The molecule has 0 aromatic rings. The summed E-state index contributed by atoms with van der Waals surface area (Å²) >= 11 is 0. The number of rotatable bonds is 5. The van der Waals surface area contributed by atoms with Crippen molar-refractivity contribution < 1.29 is 14.7 Å². The quantitative estimate of drug-likeness (QED) is 0.823. The zero-order valence-corrected chi connectivity index (χ0v) is 13.0. The van der Waals surface area contributed by atoms with E-state index in [2.05, 4.69) is 4.90 Å². The summed E-state index contributed by atoms with van der Waals surface area (Å²) in [6.45, 7) is 6.42. The Kier molecular flexibility index (Phi) is 6.26. The molecule has 2 atom stereocenters. The molecule has 1 saturated heterocycles. The van der Waals surface area contributed by atoms with Gasteiger partial charge in [-0.05, 0) is 40.8 Å². The van der Waals surface area contributed by atoms with Gasteiger partial charge >= 0.3 is 12.0 Å². The third-order valence-electron chi connectivity index (χ3n) is 3.79. The minimum atomic E-state index is -0.799. The van der Waals surface area contributed by atoms with Gasteiger partial charge in [0.05, 0.1) is 5.92 Å². The van der Waals surface area contributed by atoms with E-state index in [4.69, 9.17) is 5.11 Å². The number of likely N-dealkylation sites (N-methyl/N-ethyl adjacent to an activating group) is 2. The van der Waals surface area contributed by atoms with Crippen LogP contribution in [-0.2, 0) is 4.79 Å². The summed E-state index contributed by atoms with van der Waals surface area (Å²) in [5.74, 6) is -1.22. The van der Waals surface area contributed by atoms with Crippen LogP contribution in [0.25, 0.3) is 0 Å². The summed E-state index contributed by atoms with van der Waals surface area (Å²) in [5, 5.41) is 9.10. The van der Waals surface area contributed by atoms with Crippen LogP contribution in [0.3, 0.4) is 0 Å². The van der Waals surface area contributed by atoms with Gasteiger partial charge in [0, 0.05) is 32.2 Å². The first-order chi connectivity index (χ1) is 9.36. The van der Waals surface area contributed by atoms with Gasteiger partial charge in [0.1, 0.15) is 0 Å². The lowest BCUT2D eigenvalue weighted by molar-refractivity contribution is -0.143. The third-order valence-corrected chi connectivity index (χ3v) is 3.79. The molecule has 2 amide bonds. The van der Waals surface area contributed by atoms with Gasteiger partial charge in [0.25, 0.3) is 0 Å². The first kappa shape index (κ1) is 16.8. The molecule has 6 nitrogen and oxygen atoms in total. The molecule has 0 spiro atoms. The summed E-state index contributed by atoms with van der Waals surface area (Å²) in [7, 11) is 3.96. The van der Waals surface area contributed by atoms with E-state index in [1.54, 1.807) is 4.90 Å². The lowest BCUT2D eigenvalue weighted by atomic mass is 9.98. The van der Waals surface area contributed by atoms with Crippen molar-refractivity contribution >= 4 is 12.0 Å². The molecule has 1 heterocycles. The second-order valence-electron chi connectivity index (χ2n) is 5.80. The predicted octanol–water partition coefficient (Wildman–Crippen LogP) is 1.18. The van der Waals surface area contributed by atoms with E-state index in [1.807, 2.05) is 32.8 Å². The fraction of sp³-hybridized carbons (Fsp3) is 0.857. The van der Waals surface area contributed by atoms with E-state index in [0.29, 0.717) is 26.1 Å². The predicted molar refractivity (Wildman–Crippen MR) is 77.7 cm³/mol. The van der Waals surface area contributed by atoms with Crippen molar-refractivity contribution in [3.8, 4) is 0 Å². The molecule has 0 radical (unpaired) electrons. The number of hydrogen-bond acceptors (Lipinski definition) is 3. The summed E-state index contributed by atoms with van der Waals surface area (Å²) in [6, 6.07) is 0.0838. The Morgan fingerprint density at radius 2 is 2.05 bits per heavy atom. The number of amides is 2. The number of nitrogens with zero attached hydrogens (tertiary/aromatic N) is 3. The average Bonchev–Trinajstić information content (AvgIpc) is 2.38. The van der Waals surface area contributed by atoms with E-state index in [-0.39, 0.29) is 12.1 Å². The normalized spacial score (nSPS) is 20.9. The Morgan fingerprint density at radius 1 is 1.40 bits per heavy atom. The smallest absolute Gasteiger partial charge is 0.320 e. The number of piperidine rings is 1. The summed E-state index contributed by atoms with van der Waals surface area (Å²) in [5.41, 5.74) is 0. The number of carbonyl (C=O) groups excluding carboxylic acids is 1. The van der Waals surface area contributed by atoms with Gasteiger partial charge < -0.3 is 19.8 Å². The van der Waals surface area contributed by atoms with Gasteiger partial charge in [-0.1, -0.05) is 0 Å². The minimum absolute atomic E-state index is 0.0344. The third kappa shape index (κ3) is 4.37. The molecule has 1 rings (SSSR count). The van der Waals surface area contributed by atoms with Crippen molar-refractivity contribution in [3.63, 3.8) is 0 Å². The molecule has 20 heavy (non-hydrogen) atoms. The Bertz CT molecular complexity index is 347. The van der Waals surface area contributed by atoms with Gasteiger partial charge in [-0.15, -0.1) is 0 Å². The van der Waals surface area contributed by atoms with Crippen molar-refractivity contribution in [2.75, 3.05) is 40.3 Å². The zero-order chi connectivity index (χ0) is 15.3. The standard InChI is InChI=1S/C14H27N3O3/c1-5-17(11(2)9-15(3)4)14(20)16-8-6-7-12(10-16)13(18)19/h11-12H,5-10H2,1-4H3,(H,18,19). The van der Waals surface area contributed by atoms with Crippen molar-refractivity contribution in [1.29, 1.82) is 0 Å². The first-order valence-electron chi connectivity index (χ1n) is 7.29. The molecule has 0 aromatic heterocycles. The van der Waals surface area contributed by atoms with Gasteiger partial charge in [-0.3, -0.25) is 4.79 Å². The summed E-state index contributed by atoms with van der Waals surface area (Å²) in [4.78, 5) is 29.2. The van der Waals surface area contributed by atoms with Gasteiger partial charge in [-0.2, -0.15) is 0 Å². The maximum absolute atomic E-state index is 12.6. The zero-order valence-electron chi connectivity index (χ0n) is 13.0. The molecule has 0 aromatic carbocycles. The molecule has 116 valence electrons. The van der Waals surface area contributed by atoms with E-state index >= 15 is 0 Å². The summed E-state index contributed by atoms with van der Waals surface area (Å²) < 4.78 is 0. The number of hydrogen-bond donors (Lipinski definition) is 1. The second kappa shape index (κ2) is 7.47. The topological polar surface area (TPSA) is 64.1 Å². The monoisotopic (exact) mass is 285 g/mol. The van der Waals surface area contributed by atoms with E-state index in [9.17, 15) is 9.59 Å². The van der Waals surface area contributed by atoms with Crippen molar-refractivity contribution in [2.24, 2.45) is 5.92 Å². The van der Waals surface area contributed by atoms with Crippen LogP contribution >= 0.6 is 0 Å². The largest absolute Gasteiger partial charge is 0.481 e. The average molecular weight is 285 g/mol. The number of carbonyl (C=O) groups is 2. The highest BCUT2D eigenvalue weighted by molar-refractivity contribution is 5.77. The van der Waals surface area contributed by atoms with Gasteiger partial charge in [0.2, 0.25) is 0 Å². The van der Waals surface area contributed by atoms with Crippen LogP contribution in [-0.4, -0.2) is 78.1 Å². The van der Waals surface area contributed by atoms with E-state index < -0.39 is 11.9 Å². The SMILES string of the molecule is CCN(C(=O)N1CCCC(C(=O)O)C1)C(C)CN(C)C. The van der Waals surface area contributed by atoms with Crippen molar-refractivity contribution in [1.82, 2.24) is 14.7 Å². The van der Waals surface area contributed by atoms with Crippen LogP contribution < -0.4 is 0 Å².